The van der Waals surface area contributed by atoms with Crippen molar-refractivity contribution in [3.63, 3.8) is 0 Å². The quantitative estimate of drug-likeness (QED) is 0.602. The molecular weight excluding hydrogens is 166 g/mol. The first kappa shape index (κ1) is 6.97. The molecular formula is C10H10NO2+. The summed E-state index contributed by atoms with van der Waals surface area (Å²) >= 11 is 0. The van der Waals surface area contributed by atoms with Crippen LogP contribution in [-0.2, 0) is 0 Å². The maximum absolute atomic E-state index is 9.64. The van der Waals surface area contributed by atoms with E-state index < -0.39 is 0 Å². The lowest BCUT2D eigenvalue weighted by molar-refractivity contribution is -0.808. The molecule has 66 valence electrons. The third-order valence-electron chi connectivity index (χ3n) is 2.57. The van der Waals surface area contributed by atoms with E-state index in [9.17, 15) is 5.11 Å². The second-order valence-electron chi connectivity index (χ2n) is 3.33. The number of nitrogens with one attached hydrogen (secondary N) is 1. The van der Waals surface area contributed by atoms with Crippen molar-refractivity contribution in [1.82, 2.24) is 0 Å². The van der Waals surface area contributed by atoms with Gasteiger partial charge in [-0.3, -0.25) is 0 Å². The van der Waals surface area contributed by atoms with Crippen molar-refractivity contribution < 1.29 is 14.7 Å². The van der Waals surface area contributed by atoms with Crippen molar-refractivity contribution in [1.29, 1.82) is 0 Å². The molecule has 0 spiro atoms. The van der Waals surface area contributed by atoms with E-state index in [-0.39, 0.29) is 0 Å². The number of ether oxygens (including phenoxy) is 1. The number of aliphatic hydroxyl groups excluding tert-OH is 1. The molecule has 2 aliphatic heterocycles. The van der Waals surface area contributed by atoms with E-state index in [2.05, 4.69) is 0 Å². The van der Waals surface area contributed by atoms with Crippen LogP contribution in [0.15, 0.2) is 24.1 Å². The van der Waals surface area contributed by atoms with E-state index >= 15 is 0 Å². The molecule has 2 N–H and O–H groups in total. The van der Waals surface area contributed by atoms with Gasteiger partial charge in [0.2, 0.25) is 0 Å². The van der Waals surface area contributed by atoms with Gasteiger partial charge in [0.05, 0.1) is 6.08 Å². The van der Waals surface area contributed by atoms with Gasteiger partial charge >= 0.3 is 0 Å². The molecule has 0 saturated carbocycles. The summed E-state index contributed by atoms with van der Waals surface area (Å²) in [7, 11) is 0. The van der Waals surface area contributed by atoms with Gasteiger partial charge in [-0.25, -0.2) is 4.90 Å². The smallest absolute Gasteiger partial charge is 0.293 e. The summed E-state index contributed by atoms with van der Waals surface area (Å²) in [5, 5.41) is 9.64. The van der Waals surface area contributed by atoms with Gasteiger partial charge in [0, 0.05) is 5.56 Å². The Balaban J connectivity index is 2.26. The van der Waals surface area contributed by atoms with Gasteiger partial charge < -0.3 is 9.84 Å². The minimum absolute atomic E-state index is 0.408. The van der Waals surface area contributed by atoms with Crippen molar-refractivity contribution in [3.8, 4) is 5.75 Å². The lowest BCUT2D eigenvalue weighted by Crippen LogP contribution is -3.06. The van der Waals surface area contributed by atoms with E-state index in [4.69, 9.17) is 4.74 Å². The number of hydrogen-bond acceptors (Lipinski definition) is 2. The molecule has 0 aromatic heterocycles. The molecule has 0 radical (unpaired) electrons. The Morgan fingerprint density at radius 3 is 3.23 bits per heavy atom. The van der Waals surface area contributed by atoms with Gasteiger partial charge in [0.25, 0.3) is 5.88 Å². The molecule has 1 aromatic rings. The summed E-state index contributed by atoms with van der Waals surface area (Å²) in [6, 6.07) is 5.90. The van der Waals surface area contributed by atoms with Gasteiger partial charge in [0.1, 0.15) is 13.2 Å². The molecule has 2 aliphatic rings. The van der Waals surface area contributed by atoms with Gasteiger partial charge in [-0.1, -0.05) is 6.07 Å². The number of quaternary nitrogens is 1. The highest BCUT2D eigenvalue weighted by Crippen LogP contribution is 2.31. The Morgan fingerprint density at radius 1 is 1.38 bits per heavy atom. The standard InChI is InChI=1S/C10H9NO2/c12-9-6-7-2-1-3-8-10(7)11(9)4-5-13-8/h1-3,6,12H,4-5H2/p+1. The summed E-state index contributed by atoms with van der Waals surface area (Å²) in [6.45, 7) is 1.48. The van der Waals surface area contributed by atoms with Crippen molar-refractivity contribution in [2.24, 2.45) is 0 Å². The minimum atomic E-state index is 0.408. The van der Waals surface area contributed by atoms with Gasteiger partial charge in [0.15, 0.2) is 11.4 Å². The average Bonchev–Trinajstić information content (AvgIpc) is 2.47. The number of para-hydroxylation sites is 1. The van der Waals surface area contributed by atoms with Crippen LogP contribution < -0.4 is 9.64 Å². The zero-order valence-corrected chi connectivity index (χ0v) is 7.08. The van der Waals surface area contributed by atoms with Crippen LogP contribution in [0.4, 0.5) is 5.69 Å². The fourth-order valence-electron chi connectivity index (χ4n) is 1.99. The Hall–Kier alpha value is -1.48. The van der Waals surface area contributed by atoms with Gasteiger partial charge in [-0.2, -0.15) is 0 Å². The van der Waals surface area contributed by atoms with Crippen LogP contribution in [0.3, 0.4) is 0 Å². The highest BCUT2D eigenvalue weighted by molar-refractivity contribution is 5.70. The summed E-state index contributed by atoms with van der Waals surface area (Å²) in [5.41, 5.74) is 2.16. The second kappa shape index (κ2) is 2.26. The number of aliphatic hydroxyl groups is 1. The van der Waals surface area contributed by atoms with Crippen LogP contribution in [0.25, 0.3) is 6.08 Å². The third kappa shape index (κ3) is 0.820. The molecule has 0 bridgehead atoms. The molecule has 0 aliphatic carbocycles. The normalized spacial score (nSPS) is 23.4. The van der Waals surface area contributed by atoms with Crippen LogP contribution >= 0.6 is 0 Å². The average molecular weight is 176 g/mol. The highest BCUT2D eigenvalue weighted by Gasteiger charge is 2.34. The molecule has 1 unspecified atom stereocenters. The fraction of sp³-hybridized carbons (Fsp3) is 0.200. The summed E-state index contributed by atoms with van der Waals surface area (Å²) in [5.74, 6) is 1.31. The van der Waals surface area contributed by atoms with Crippen LogP contribution in [-0.4, -0.2) is 18.3 Å². The van der Waals surface area contributed by atoms with Crippen molar-refractivity contribution >= 4 is 11.8 Å². The molecule has 0 amide bonds. The van der Waals surface area contributed by atoms with Gasteiger partial charge in [-0.15, -0.1) is 0 Å². The first-order chi connectivity index (χ1) is 6.36. The maximum Gasteiger partial charge on any atom is 0.293 e. The lowest BCUT2D eigenvalue weighted by Gasteiger charge is -2.21. The molecule has 1 atom stereocenters. The van der Waals surface area contributed by atoms with Crippen molar-refractivity contribution in [3.05, 3.63) is 29.6 Å². The first-order valence-electron chi connectivity index (χ1n) is 4.39. The van der Waals surface area contributed by atoms with Crippen molar-refractivity contribution in [2.45, 2.75) is 0 Å². The fourth-order valence-corrected chi connectivity index (χ4v) is 1.99. The van der Waals surface area contributed by atoms with E-state index in [0.717, 1.165) is 28.4 Å². The third-order valence-corrected chi connectivity index (χ3v) is 2.57. The Bertz CT molecular complexity index is 398. The molecule has 0 saturated heterocycles. The van der Waals surface area contributed by atoms with Crippen LogP contribution in [0.1, 0.15) is 5.56 Å². The summed E-state index contributed by atoms with van der Waals surface area (Å²) < 4.78 is 5.50. The summed E-state index contributed by atoms with van der Waals surface area (Å²) in [4.78, 5) is 1.04. The van der Waals surface area contributed by atoms with E-state index in [1.807, 2.05) is 24.3 Å². The number of rotatable bonds is 0. The molecule has 13 heavy (non-hydrogen) atoms. The van der Waals surface area contributed by atoms with E-state index in [1.165, 1.54) is 0 Å². The summed E-state index contributed by atoms with van der Waals surface area (Å²) in [6.07, 6.45) is 1.81. The Morgan fingerprint density at radius 2 is 2.31 bits per heavy atom. The number of benzene rings is 1. The van der Waals surface area contributed by atoms with Crippen molar-refractivity contribution in [2.75, 3.05) is 13.2 Å². The molecule has 3 nitrogen and oxygen atoms in total. The first-order valence-corrected chi connectivity index (χ1v) is 4.39. The maximum atomic E-state index is 9.64. The van der Waals surface area contributed by atoms with Crippen LogP contribution in [0.2, 0.25) is 0 Å². The monoisotopic (exact) mass is 176 g/mol. The predicted octanol–water partition coefficient (Wildman–Crippen LogP) is 0.465. The predicted molar refractivity (Wildman–Crippen MR) is 48.0 cm³/mol. The van der Waals surface area contributed by atoms with E-state index in [0.29, 0.717) is 12.5 Å². The molecule has 0 fully saturated rings. The van der Waals surface area contributed by atoms with E-state index in [1.54, 1.807) is 0 Å². The largest absolute Gasteiger partial charge is 0.481 e. The molecule has 3 heteroatoms. The highest BCUT2D eigenvalue weighted by atomic mass is 16.5. The minimum Gasteiger partial charge on any atom is -0.481 e. The second-order valence-corrected chi connectivity index (χ2v) is 3.33. The SMILES string of the molecule is OC1=Cc2cccc3c2[NH+]1CCO3. The Kier molecular flexibility index (Phi) is 1.21. The van der Waals surface area contributed by atoms with Crippen LogP contribution in [0, 0.1) is 0 Å². The Labute approximate surface area is 75.9 Å². The van der Waals surface area contributed by atoms with Gasteiger partial charge in [-0.05, 0) is 12.1 Å². The van der Waals surface area contributed by atoms with Crippen LogP contribution in [0.5, 0.6) is 5.75 Å². The zero-order valence-electron chi connectivity index (χ0n) is 7.08. The molecule has 1 aromatic carbocycles. The molecule has 2 heterocycles. The molecule has 3 rings (SSSR count). The zero-order chi connectivity index (χ0) is 8.84. The topological polar surface area (TPSA) is 33.9 Å². The number of hydrogen-bond donors (Lipinski definition) is 2. The lowest BCUT2D eigenvalue weighted by atomic mass is 10.1.